The van der Waals surface area contributed by atoms with Gasteiger partial charge in [-0.2, -0.15) is 18.3 Å². The van der Waals surface area contributed by atoms with Crippen LogP contribution in [0, 0.1) is 0 Å². The van der Waals surface area contributed by atoms with Crippen LogP contribution in [0.3, 0.4) is 0 Å². The fourth-order valence-electron chi connectivity index (χ4n) is 2.18. The third-order valence-electron chi connectivity index (χ3n) is 3.12. The lowest BCUT2D eigenvalue weighted by molar-refractivity contribution is -0.137. The minimum absolute atomic E-state index is 0.0689. The van der Waals surface area contributed by atoms with E-state index in [1.165, 1.54) is 41.2 Å². The molecule has 0 aliphatic carbocycles. The molecule has 0 aliphatic heterocycles. The van der Waals surface area contributed by atoms with Crippen molar-refractivity contribution in [2.45, 2.75) is 6.18 Å². The maximum Gasteiger partial charge on any atom is 0.417 e. The van der Waals surface area contributed by atoms with Gasteiger partial charge in [0.1, 0.15) is 5.69 Å². The third-order valence-corrected chi connectivity index (χ3v) is 3.12. The molecular formula is C14H9F3N4O2. The highest BCUT2D eigenvalue weighted by molar-refractivity contribution is 5.88. The van der Waals surface area contributed by atoms with Crippen LogP contribution in [0.2, 0.25) is 0 Å². The fraction of sp³-hybridized carbons (Fsp3) is 0.0714. The Morgan fingerprint density at radius 1 is 1.22 bits per heavy atom. The zero-order chi connectivity index (χ0) is 16.6. The molecule has 118 valence electrons. The van der Waals surface area contributed by atoms with Crippen molar-refractivity contribution >= 4 is 17.4 Å². The molecule has 23 heavy (non-hydrogen) atoms. The van der Waals surface area contributed by atoms with Crippen molar-refractivity contribution < 1.29 is 23.1 Å². The Morgan fingerprint density at radius 3 is 2.65 bits per heavy atom. The molecular weight excluding hydrogens is 313 g/mol. The van der Waals surface area contributed by atoms with Crippen LogP contribution in [-0.2, 0) is 6.18 Å². The molecule has 1 amide bonds. The molecule has 2 aromatic heterocycles. The Balaban J connectivity index is 2.16. The van der Waals surface area contributed by atoms with Gasteiger partial charge in [0.25, 0.3) is 0 Å². The summed E-state index contributed by atoms with van der Waals surface area (Å²) in [4.78, 5) is 14.8. The summed E-state index contributed by atoms with van der Waals surface area (Å²) >= 11 is 0. The quantitative estimate of drug-likeness (QED) is 0.757. The lowest BCUT2D eigenvalue weighted by Crippen LogP contribution is -2.08. The topological polar surface area (TPSA) is 79.5 Å². The number of aromatic nitrogens is 3. The van der Waals surface area contributed by atoms with Crippen molar-refractivity contribution in [3.05, 3.63) is 48.3 Å². The maximum atomic E-state index is 13.1. The molecule has 0 atom stereocenters. The van der Waals surface area contributed by atoms with E-state index in [2.05, 4.69) is 15.4 Å². The first kappa shape index (κ1) is 14.8. The monoisotopic (exact) mass is 322 g/mol. The normalized spacial score (nSPS) is 11.6. The van der Waals surface area contributed by atoms with E-state index in [9.17, 15) is 18.0 Å². The van der Waals surface area contributed by atoms with Gasteiger partial charge >= 0.3 is 12.3 Å². The number of benzene rings is 1. The predicted molar refractivity (Wildman–Crippen MR) is 75.1 cm³/mol. The average molecular weight is 322 g/mol. The van der Waals surface area contributed by atoms with Crippen LogP contribution in [0.1, 0.15) is 5.56 Å². The Morgan fingerprint density at radius 2 is 1.96 bits per heavy atom. The predicted octanol–water partition coefficient (Wildman–Crippen LogP) is 3.51. The number of hydrogen-bond acceptors (Lipinski definition) is 3. The van der Waals surface area contributed by atoms with Gasteiger partial charge in [-0.3, -0.25) is 5.32 Å². The Labute approximate surface area is 127 Å². The standard InChI is InChI=1S/C14H9F3N4O2/c15-14(16,17)9-4-2-1-3-8(9)10-5-6-21-12(19-10)11(7-18-21)20-13(22)23/h1-7,20H,(H,22,23). The van der Waals surface area contributed by atoms with E-state index < -0.39 is 17.8 Å². The molecule has 0 fully saturated rings. The van der Waals surface area contributed by atoms with Gasteiger partial charge in [0.05, 0.1) is 17.5 Å². The van der Waals surface area contributed by atoms with Crippen LogP contribution < -0.4 is 5.32 Å². The molecule has 0 spiro atoms. The number of carbonyl (C=O) groups is 1. The van der Waals surface area contributed by atoms with Gasteiger partial charge in [-0.05, 0) is 12.1 Å². The third kappa shape index (κ3) is 2.80. The number of carboxylic acid groups (broad SMARTS) is 1. The SMILES string of the molecule is O=C(O)Nc1cnn2ccc(-c3ccccc3C(F)(F)F)nc12. The molecule has 0 saturated carbocycles. The van der Waals surface area contributed by atoms with E-state index in [4.69, 9.17) is 5.11 Å². The van der Waals surface area contributed by atoms with Crippen LogP contribution in [0.25, 0.3) is 16.9 Å². The zero-order valence-electron chi connectivity index (χ0n) is 11.4. The second-order valence-corrected chi connectivity index (χ2v) is 4.61. The largest absolute Gasteiger partial charge is 0.465 e. The smallest absolute Gasteiger partial charge is 0.417 e. The summed E-state index contributed by atoms with van der Waals surface area (Å²) in [6.45, 7) is 0. The first-order chi connectivity index (χ1) is 10.9. The van der Waals surface area contributed by atoms with Crippen LogP contribution in [-0.4, -0.2) is 25.8 Å². The highest BCUT2D eigenvalue weighted by Crippen LogP contribution is 2.36. The van der Waals surface area contributed by atoms with Crippen molar-refractivity contribution in [3.63, 3.8) is 0 Å². The number of nitrogens with zero attached hydrogens (tertiary/aromatic N) is 3. The minimum atomic E-state index is -4.52. The number of anilines is 1. The molecule has 2 N–H and O–H groups in total. The molecule has 0 radical (unpaired) electrons. The van der Waals surface area contributed by atoms with Crippen molar-refractivity contribution in [2.24, 2.45) is 0 Å². The van der Waals surface area contributed by atoms with Crippen LogP contribution in [0.5, 0.6) is 0 Å². The van der Waals surface area contributed by atoms with Crippen molar-refractivity contribution in [1.29, 1.82) is 0 Å². The van der Waals surface area contributed by atoms with E-state index in [0.717, 1.165) is 6.07 Å². The number of rotatable bonds is 2. The maximum absolute atomic E-state index is 13.1. The summed E-state index contributed by atoms with van der Waals surface area (Å²) < 4.78 is 40.6. The van der Waals surface area contributed by atoms with Crippen molar-refractivity contribution in [3.8, 4) is 11.3 Å². The van der Waals surface area contributed by atoms with E-state index in [-0.39, 0.29) is 22.6 Å². The van der Waals surface area contributed by atoms with Gasteiger partial charge in [0.15, 0.2) is 5.65 Å². The summed E-state index contributed by atoms with van der Waals surface area (Å²) in [6, 6.07) is 6.43. The summed E-state index contributed by atoms with van der Waals surface area (Å²) in [5, 5.41) is 14.7. The van der Waals surface area contributed by atoms with E-state index >= 15 is 0 Å². The molecule has 0 unspecified atom stereocenters. The summed E-state index contributed by atoms with van der Waals surface area (Å²) in [6.07, 6.45) is -3.19. The summed E-state index contributed by atoms with van der Waals surface area (Å²) in [5.74, 6) is 0. The van der Waals surface area contributed by atoms with Gasteiger partial charge in [-0.1, -0.05) is 18.2 Å². The number of amides is 1. The number of fused-ring (bicyclic) bond motifs is 1. The second-order valence-electron chi connectivity index (χ2n) is 4.61. The minimum Gasteiger partial charge on any atom is -0.465 e. The number of hydrogen-bond donors (Lipinski definition) is 2. The van der Waals surface area contributed by atoms with Gasteiger partial charge in [-0.15, -0.1) is 0 Å². The summed E-state index contributed by atoms with van der Waals surface area (Å²) in [7, 11) is 0. The molecule has 6 nitrogen and oxygen atoms in total. The number of alkyl halides is 3. The van der Waals surface area contributed by atoms with Crippen LogP contribution >= 0.6 is 0 Å². The molecule has 9 heteroatoms. The molecule has 2 heterocycles. The average Bonchev–Trinajstić information content (AvgIpc) is 2.88. The summed E-state index contributed by atoms with van der Waals surface area (Å²) in [5.41, 5.74) is -0.640. The van der Waals surface area contributed by atoms with Crippen molar-refractivity contribution in [2.75, 3.05) is 5.32 Å². The molecule has 3 rings (SSSR count). The molecule has 0 saturated heterocycles. The highest BCUT2D eigenvalue weighted by atomic mass is 19.4. The lowest BCUT2D eigenvalue weighted by atomic mass is 10.0. The fourth-order valence-corrected chi connectivity index (χ4v) is 2.18. The highest BCUT2D eigenvalue weighted by Gasteiger charge is 2.33. The zero-order valence-corrected chi connectivity index (χ0v) is 11.4. The number of nitrogens with one attached hydrogen (secondary N) is 1. The van der Waals surface area contributed by atoms with Gasteiger partial charge in [-0.25, -0.2) is 14.3 Å². The van der Waals surface area contributed by atoms with Crippen LogP contribution in [0.15, 0.2) is 42.7 Å². The van der Waals surface area contributed by atoms with E-state index in [0.29, 0.717) is 0 Å². The second kappa shape index (κ2) is 5.27. The van der Waals surface area contributed by atoms with Gasteiger partial charge in [0.2, 0.25) is 0 Å². The molecule has 0 bridgehead atoms. The Bertz CT molecular complexity index is 889. The lowest BCUT2D eigenvalue weighted by Gasteiger charge is -2.12. The van der Waals surface area contributed by atoms with Gasteiger partial charge in [0, 0.05) is 11.8 Å². The van der Waals surface area contributed by atoms with E-state index in [1.54, 1.807) is 0 Å². The van der Waals surface area contributed by atoms with E-state index in [1.807, 2.05) is 0 Å². The Kier molecular flexibility index (Phi) is 3.40. The molecule has 1 aromatic carbocycles. The first-order valence-corrected chi connectivity index (χ1v) is 6.37. The molecule has 3 aromatic rings. The van der Waals surface area contributed by atoms with Crippen molar-refractivity contribution in [1.82, 2.24) is 14.6 Å². The molecule has 0 aliphatic rings. The van der Waals surface area contributed by atoms with Crippen LogP contribution in [0.4, 0.5) is 23.7 Å². The Hall–Kier alpha value is -3.10. The van der Waals surface area contributed by atoms with Gasteiger partial charge < -0.3 is 5.11 Å². The first-order valence-electron chi connectivity index (χ1n) is 6.37. The number of halogens is 3.